The molecule has 0 saturated carbocycles. The molecule has 0 aliphatic rings. The van der Waals surface area contributed by atoms with Crippen LogP contribution in [0.2, 0.25) is 5.02 Å². The van der Waals surface area contributed by atoms with Crippen LogP contribution in [0.25, 0.3) is 11.3 Å². The highest BCUT2D eigenvalue weighted by Crippen LogP contribution is 2.37. The number of aromatic amines is 1. The summed E-state index contributed by atoms with van der Waals surface area (Å²) in [5.41, 5.74) is 1.99. The normalized spacial score (nSPS) is 12.8. The predicted octanol–water partition coefficient (Wildman–Crippen LogP) is 7.83. The fraction of sp³-hybridized carbons (Fsp3) is 0.241. The second-order valence-electron chi connectivity index (χ2n) is 9.14. The van der Waals surface area contributed by atoms with Crippen molar-refractivity contribution in [3.63, 3.8) is 0 Å². The molecule has 4 aromatic rings. The zero-order valence-corrected chi connectivity index (χ0v) is 22.6. The molecule has 0 spiro atoms. The monoisotopic (exact) mass is 573 g/mol. The van der Waals surface area contributed by atoms with Crippen LogP contribution in [-0.2, 0) is 0 Å². The van der Waals surface area contributed by atoms with Gasteiger partial charge in [-0.1, -0.05) is 48.9 Å². The summed E-state index contributed by atoms with van der Waals surface area (Å²) in [7, 11) is 0. The molecule has 4 rings (SSSR count). The van der Waals surface area contributed by atoms with Crippen molar-refractivity contribution in [1.82, 2.24) is 9.97 Å². The van der Waals surface area contributed by atoms with E-state index in [9.17, 15) is 23.1 Å². The summed E-state index contributed by atoms with van der Waals surface area (Å²) in [6, 6.07) is 16.0. The van der Waals surface area contributed by atoms with Crippen molar-refractivity contribution in [1.29, 1.82) is 0 Å². The number of nitrogens with one attached hydrogen (secondary N) is 2. The number of halogens is 4. The van der Waals surface area contributed by atoms with Gasteiger partial charge < -0.3 is 15.4 Å². The minimum absolute atomic E-state index is 0.0469. The van der Waals surface area contributed by atoms with E-state index < -0.39 is 23.4 Å². The first kappa shape index (κ1) is 28.7. The van der Waals surface area contributed by atoms with Gasteiger partial charge in [-0.25, -0.2) is 18.2 Å². The molecule has 0 radical (unpaired) electrons. The van der Waals surface area contributed by atoms with Crippen LogP contribution in [0.15, 0.2) is 71.8 Å². The summed E-state index contributed by atoms with van der Waals surface area (Å²) in [6.07, 6.45) is 3.85. The van der Waals surface area contributed by atoms with Gasteiger partial charge >= 0.3 is 0 Å². The number of aliphatic hydroxyl groups excluding tert-OH is 1. The summed E-state index contributed by atoms with van der Waals surface area (Å²) < 4.78 is 40.4. The van der Waals surface area contributed by atoms with Gasteiger partial charge in [-0.05, 0) is 43.0 Å². The number of rotatable bonds is 11. The highest BCUT2D eigenvalue weighted by Gasteiger charge is 2.21. The molecular weight excluding hydrogens is 547 g/mol. The Morgan fingerprint density at radius 3 is 2.51 bits per heavy atom. The summed E-state index contributed by atoms with van der Waals surface area (Å²) >= 11 is 7.95. The molecule has 3 N–H and O–H groups in total. The standard InChI is InChI=1S/C29H27ClF3N3O2S/c1-17(28-34-16-25(36-28)18-6-3-2-4-7-18)12-21(8-5-11-37)39-26-13-19(9-10-22(26)30)29(38)35-20-14-23(31)27(33)24(32)15-20/h2-4,6-7,9-10,13-17,21,37H,5,8,11-12H2,1H3,(H,34,36)(H,35,38). The van der Waals surface area contributed by atoms with Gasteiger partial charge in [0.05, 0.1) is 16.9 Å². The topological polar surface area (TPSA) is 78.0 Å². The maximum atomic E-state index is 13.6. The second kappa shape index (κ2) is 13.2. The lowest BCUT2D eigenvalue weighted by atomic mass is 10.0. The Labute approximate surface area is 233 Å². The Morgan fingerprint density at radius 1 is 1.10 bits per heavy atom. The van der Waals surface area contributed by atoms with Crippen LogP contribution in [0.3, 0.4) is 0 Å². The zero-order valence-electron chi connectivity index (χ0n) is 21.1. The lowest BCUT2D eigenvalue weighted by Gasteiger charge is -2.20. The number of carbonyl (C=O) groups excluding carboxylic acids is 1. The maximum absolute atomic E-state index is 13.6. The van der Waals surface area contributed by atoms with Crippen molar-refractivity contribution in [2.45, 2.75) is 42.2 Å². The van der Waals surface area contributed by atoms with E-state index in [0.29, 0.717) is 34.9 Å². The summed E-state index contributed by atoms with van der Waals surface area (Å²) in [6.45, 7) is 2.12. The molecule has 2 atom stereocenters. The lowest BCUT2D eigenvalue weighted by molar-refractivity contribution is 0.102. The maximum Gasteiger partial charge on any atom is 0.255 e. The summed E-state index contributed by atoms with van der Waals surface area (Å²) in [5.74, 6) is -4.10. The quantitative estimate of drug-likeness (QED) is 0.126. The van der Waals surface area contributed by atoms with Crippen LogP contribution < -0.4 is 5.32 Å². The number of imidazole rings is 1. The number of aliphatic hydroxyl groups is 1. The van der Waals surface area contributed by atoms with Gasteiger partial charge in [0.25, 0.3) is 5.91 Å². The molecule has 39 heavy (non-hydrogen) atoms. The van der Waals surface area contributed by atoms with Crippen molar-refractivity contribution in [3.8, 4) is 11.3 Å². The van der Waals surface area contributed by atoms with Crippen LogP contribution in [0.4, 0.5) is 18.9 Å². The fourth-order valence-corrected chi connectivity index (χ4v) is 5.80. The first-order valence-corrected chi connectivity index (χ1v) is 13.6. The number of amides is 1. The predicted molar refractivity (Wildman–Crippen MR) is 149 cm³/mol. The van der Waals surface area contributed by atoms with Crippen LogP contribution in [0.1, 0.15) is 48.3 Å². The van der Waals surface area contributed by atoms with Crippen molar-refractivity contribution >= 4 is 35.0 Å². The van der Waals surface area contributed by atoms with Crippen molar-refractivity contribution in [3.05, 3.63) is 101 Å². The van der Waals surface area contributed by atoms with Crippen molar-refractivity contribution in [2.24, 2.45) is 0 Å². The second-order valence-corrected chi connectivity index (χ2v) is 10.9. The molecule has 2 unspecified atom stereocenters. The molecule has 3 aromatic carbocycles. The number of H-pyrrole nitrogens is 1. The number of hydrogen-bond donors (Lipinski definition) is 3. The third-order valence-corrected chi connectivity index (χ3v) is 7.97. The molecule has 1 heterocycles. The van der Waals surface area contributed by atoms with Gasteiger partial charge in [0.2, 0.25) is 0 Å². The molecular formula is C29H27ClF3N3O2S. The number of nitrogens with zero attached hydrogens (tertiary/aromatic N) is 1. The smallest absolute Gasteiger partial charge is 0.255 e. The van der Waals surface area contributed by atoms with E-state index in [4.69, 9.17) is 11.6 Å². The number of carbonyl (C=O) groups is 1. The first-order chi connectivity index (χ1) is 18.7. The Balaban J connectivity index is 1.48. The van der Waals surface area contributed by atoms with Gasteiger partial charge in [0, 0.05) is 46.1 Å². The molecule has 1 aromatic heterocycles. The van der Waals surface area contributed by atoms with Crippen molar-refractivity contribution < 1.29 is 23.1 Å². The van der Waals surface area contributed by atoms with Crippen LogP contribution in [-0.4, -0.2) is 32.8 Å². The third kappa shape index (κ3) is 7.44. The molecule has 1 amide bonds. The Hall–Kier alpha value is -3.27. The van der Waals surface area contributed by atoms with Crippen molar-refractivity contribution in [2.75, 3.05) is 11.9 Å². The molecule has 0 bridgehead atoms. The van der Waals surface area contributed by atoms with Gasteiger partial charge in [-0.15, -0.1) is 11.8 Å². The third-order valence-electron chi connectivity index (χ3n) is 6.18. The SMILES string of the molecule is CC(CC(CCCO)Sc1cc(C(=O)Nc2cc(F)c(F)c(F)c2)ccc1Cl)c1ncc(-c2ccccc2)[nH]1. The molecule has 0 fully saturated rings. The van der Waals surface area contributed by atoms with E-state index in [1.54, 1.807) is 12.1 Å². The van der Waals surface area contributed by atoms with Gasteiger partial charge in [0.1, 0.15) is 5.82 Å². The van der Waals surface area contributed by atoms with Gasteiger partial charge in [-0.3, -0.25) is 4.79 Å². The Kier molecular flexibility index (Phi) is 9.72. The van der Waals surface area contributed by atoms with E-state index in [-0.39, 0.29) is 29.0 Å². The molecule has 0 saturated heterocycles. The van der Waals surface area contributed by atoms with Gasteiger partial charge in [-0.2, -0.15) is 0 Å². The minimum atomic E-state index is -1.60. The van der Waals surface area contributed by atoms with Crippen LogP contribution >= 0.6 is 23.4 Å². The minimum Gasteiger partial charge on any atom is -0.396 e. The van der Waals surface area contributed by atoms with E-state index in [1.165, 1.54) is 17.8 Å². The molecule has 204 valence electrons. The lowest BCUT2D eigenvalue weighted by Crippen LogP contribution is -2.13. The van der Waals surface area contributed by atoms with Crippen LogP contribution in [0.5, 0.6) is 0 Å². The number of anilines is 1. The molecule has 5 nitrogen and oxygen atoms in total. The average molecular weight is 574 g/mol. The Morgan fingerprint density at radius 2 is 1.82 bits per heavy atom. The number of thioether (sulfide) groups is 1. The number of aromatic nitrogens is 2. The zero-order chi connectivity index (χ0) is 27.9. The average Bonchev–Trinajstić information content (AvgIpc) is 3.42. The van der Waals surface area contributed by atoms with Gasteiger partial charge in [0.15, 0.2) is 17.5 Å². The number of hydrogen-bond acceptors (Lipinski definition) is 4. The van der Waals surface area contributed by atoms with E-state index >= 15 is 0 Å². The summed E-state index contributed by atoms with van der Waals surface area (Å²) in [4.78, 5) is 21.4. The summed E-state index contributed by atoms with van der Waals surface area (Å²) in [5, 5.41) is 12.3. The Bertz CT molecular complexity index is 1410. The van der Waals surface area contributed by atoms with Crippen LogP contribution in [0, 0.1) is 17.5 Å². The molecule has 10 heteroatoms. The highest BCUT2D eigenvalue weighted by atomic mass is 35.5. The number of benzene rings is 3. The first-order valence-electron chi connectivity index (χ1n) is 12.4. The van der Waals surface area contributed by atoms with E-state index in [1.807, 2.05) is 36.5 Å². The highest BCUT2D eigenvalue weighted by molar-refractivity contribution is 8.00. The fourth-order valence-electron chi connectivity index (χ4n) is 4.15. The van der Waals surface area contributed by atoms with E-state index in [2.05, 4.69) is 22.2 Å². The van der Waals surface area contributed by atoms with E-state index in [0.717, 1.165) is 23.5 Å². The molecule has 0 aliphatic heterocycles. The molecule has 0 aliphatic carbocycles. The largest absolute Gasteiger partial charge is 0.396 e.